The first-order valence-corrected chi connectivity index (χ1v) is 10.7. The first-order valence-electron chi connectivity index (χ1n) is 10.7. The highest BCUT2D eigenvalue weighted by molar-refractivity contribution is 5.88. The molecule has 0 aliphatic carbocycles. The standard InChI is InChI=1S/C25H30N2O3/c1-4-17-8-7-9-19-21(16-26-25(17)19)20(15-24(28)27-12-5-6-13-27)18-10-11-22(29-2)23(14-18)30-3/h7-11,14,16,20,26H,4-6,12-13,15H2,1-3H3/t20-/m1/s1. The third kappa shape index (κ3) is 3.76. The topological polar surface area (TPSA) is 54.6 Å². The summed E-state index contributed by atoms with van der Waals surface area (Å²) in [6.07, 6.45) is 5.67. The van der Waals surface area contributed by atoms with Crippen LogP contribution in [0, 0.1) is 0 Å². The Morgan fingerprint density at radius 1 is 1.10 bits per heavy atom. The Kier molecular flexibility index (Phi) is 5.98. The molecule has 30 heavy (non-hydrogen) atoms. The van der Waals surface area contributed by atoms with Crippen molar-refractivity contribution in [2.75, 3.05) is 27.3 Å². The molecule has 1 atom stereocenters. The Hall–Kier alpha value is -2.95. The first kappa shape index (κ1) is 20.3. The zero-order valence-electron chi connectivity index (χ0n) is 18.0. The van der Waals surface area contributed by atoms with Crippen molar-refractivity contribution in [3.8, 4) is 11.5 Å². The second-order valence-corrected chi connectivity index (χ2v) is 7.90. The Balaban J connectivity index is 1.79. The van der Waals surface area contributed by atoms with Gasteiger partial charge >= 0.3 is 0 Å². The Labute approximate surface area is 178 Å². The van der Waals surface area contributed by atoms with Crippen LogP contribution in [-0.2, 0) is 11.2 Å². The van der Waals surface area contributed by atoms with Crippen LogP contribution in [0.1, 0.15) is 48.8 Å². The number of aromatic amines is 1. The molecular weight excluding hydrogens is 376 g/mol. The van der Waals surface area contributed by atoms with Gasteiger partial charge < -0.3 is 19.4 Å². The summed E-state index contributed by atoms with van der Waals surface area (Å²) in [5.74, 6) is 1.54. The van der Waals surface area contributed by atoms with Crippen LogP contribution in [0.25, 0.3) is 10.9 Å². The van der Waals surface area contributed by atoms with Crippen LogP contribution < -0.4 is 9.47 Å². The van der Waals surface area contributed by atoms with Crippen LogP contribution in [0.5, 0.6) is 11.5 Å². The normalized spacial score (nSPS) is 14.8. The highest BCUT2D eigenvalue weighted by Crippen LogP contribution is 2.38. The molecule has 158 valence electrons. The Morgan fingerprint density at radius 2 is 1.87 bits per heavy atom. The zero-order valence-corrected chi connectivity index (χ0v) is 18.0. The number of amides is 1. The van der Waals surface area contributed by atoms with Crippen molar-refractivity contribution in [3.05, 3.63) is 59.3 Å². The molecule has 3 aromatic rings. The summed E-state index contributed by atoms with van der Waals surface area (Å²) in [6, 6.07) is 12.4. The van der Waals surface area contributed by atoms with E-state index in [1.807, 2.05) is 23.1 Å². The van der Waals surface area contributed by atoms with Crippen molar-refractivity contribution in [1.82, 2.24) is 9.88 Å². The predicted octanol–water partition coefficient (Wildman–Crippen LogP) is 4.89. The van der Waals surface area contributed by atoms with Gasteiger partial charge in [-0.3, -0.25) is 4.79 Å². The second-order valence-electron chi connectivity index (χ2n) is 7.90. The lowest BCUT2D eigenvalue weighted by molar-refractivity contribution is -0.130. The van der Waals surface area contributed by atoms with Gasteiger partial charge in [0.1, 0.15) is 0 Å². The number of likely N-dealkylation sites (tertiary alicyclic amines) is 1. The summed E-state index contributed by atoms with van der Waals surface area (Å²) in [6.45, 7) is 3.90. The largest absolute Gasteiger partial charge is 0.493 e. The number of methoxy groups -OCH3 is 2. The number of aryl methyl sites for hydroxylation is 1. The maximum absolute atomic E-state index is 13.1. The van der Waals surface area contributed by atoms with Crippen LogP contribution in [0.3, 0.4) is 0 Å². The van der Waals surface area contributed by atoms with Crippen molar-refractivity contribution < 1.29 is 14.3 Å². The number of nitrogens with zero attached hydrogens (tertiary/aromatic N) is 1. The molecule has 0 spiro atoms. The maximum Gasteiger partial charge on any atom is 0.223 e. The van der Waals surface area contributed by atoms with Crippen LogP contribution in [0.15, 0.2) is 42.6 Å². The fraction of sp³-hybridized carbons (Fsp3) is 0.400. The van der Waals surface area contributed by atoms with Crippen molar-refractivity contribution in [2.24, 2.45) is 0 Å². The van der Waals surface area contributed by atoms with E-state index in [9.17, 15) is 4.79 Å². The van der Waals surface area contributed by atoms with Crippen molar-refractivity contribution >= 4 is 16.8 Å². The van der Waals surface area contributed by atoms with Gasteiger partial charge in [0.2, 0.25) is 5.91 Å². The Morgan fingerprint density at radius 3 is 2.57 bits per heavy atom. The fourth-order valence-corrected chi connectivity index (χ4v) is 4.57. The van der Waals surface area contributed by atoms with Crippen LogP contribution in [0.2, 0.25) is 0 Å². The van der Waals surface area contributed by atoms with Gasteiger partial charge in [0.05, 0.1) is 14.2 Å². The SMILES string of the molecule is CCc1cccc2c([C@H](CC(=O)N3CCCC3)c3ccc(OC)c(OC)c3)c[nH]c12. The quantitative estimate of drug-likeness (QED) is 0.608. The third-order valence-electron chi connectivity index (χ3n) is 6.24. The van der Waals surface area contributed by atoms with Crippen LogP contribution >= 0.6 is 0 Å². The number of carbonyl (C=O) groups is 1. The molecule has 1 amide bonds. The number of benzene rings is 2. The molecule has 2 heterocycles. The second kappa shape index (κ2) is 8.82. The summed E-state index contributed by atoms with van der Waals surface area (Å²) in [5, 5.41) is 1.18. The lowest BCUT2D eigenvalue weighted by Crippen LogP contribution is -2.29. The number of hydrogen-bond donors (Lipinski definition) is 1. The average molecular weight is 407 g/mol. The molecule has 5 heteroatoms. The molecule has 0 unspecified atom stereocenters. The molecule has 2 aromatic carbocycles. The first-order chi connectivity index (χ1) is 14.7. The minimum atomic E-state index is -0.0567. The van der Waals surface area contributed by atoms with Gasteiger partial charge in [0.15, 0.2) is 11.5 Å². The summed E-state index contributed by atoms with van der Waals surface area (Å²) in [4.78, 5) is 18.6. The van der Waals surface area contributed by atoms with E-state index in [2.05, 4.69) is 36.3 Å². The molecule has 1 aliphatic heterocycles. The van der Waals surface area contributed by atoms with Gasteiger partial charge in [0.25, 0.3) is 0 Å². The highest BCUT2D eigenvalue weighted by atomic mass is 16.5. The lowest BCUT2D eigenvalue weighted by atomic mass is 9.87. The molecule has 1 fully saturated rings. The third-order valence-corrected chi connectivity index (χ3v) is 6.24. The number of nitrogens with one attached hydrogen (secondary N) is 1. The van der Waals surface area contributed by atoms with Gasteiger partial charge in [-0.15, -0.1) is 0 Å². The van der Waals surface area contributed by atoms with E-state index < -0.39 is 0 Å². The number of rotatable bonds is 7. The van der Waals surface area contributed by atoms with Gasteiger partial charge in [-0.1, -0.05) is 31.2 Å². The number of carbonyl (C=O) groups excluding carboxylic acids is 1. The minimum Gasteiger partial charge on any atom is -0.493 e. The molecule has 5 nitrogen and oxygen atoms in total. The van der Waals surface area contributed by atoms with E-state index in [1.54, 1.807) is 14.2 Å². The van der Waals surface area contributed by atoms with E-state index in [4.69, 9.17) is 9.47 Å². The molecule has 1 aliphatic rings. The van der Waals surface area contributed by atoms with Gasteiger partial charge in [-0.05, 0) is 48.1 Å². The Bertz CT molecular complexity index is 1030. The van der Waals surface area contributed by atoms with E-state index in [1.165, 1.54) is 10.9 Å². The van der Waals surface area contributed by atoms with Gasteiger partial charge in [0, 0.05) is 42.5 Å². The summed E-state index contributed by atoms with van der Waals surface area (Å²) < 4.78 is 11.0. The number of H-pyrrole nitrogens is 1. The summed E-state index contributed by atoms with van der Waals surface area (Å²) in [5.41, 5.74) is 4.66. The molecule has 1 aromatic heterocycles. The zero-order chi connectivity index (χ0) is 21.1. The van der Waals surface area contributed by atoms with E-state index in [-0.39, 0.29) is 11.8 Å². The van der Waals surface area contributed by atoms with Crippen LogP contribution in [0.4, 0.5) is 0 Å². The highest BCUT2D eigenvalue weighted by Gasteiger charge is 2.26. The summed E-state index contributed by atoms with van der Waals surface area (Å²) >= 11 is 0. The monoisotopic (exact) mass is 406 g/mol. The average Bonchev–Trinajstić information content (AvgIpc) is 3.47. The number of aromatic nitrogens is 1. The molecule has 1 N–H and O–H groups in total. The number of hydrogen-bond acceptors (Lipinski definition) is 3. The molecular formula is C25H30N2O3. The fourth-order valence-electron chi connectivity index (χ4n) is 4.57. The molecule has 0 bridgehead atoms. The molecule has 0 radical (unpaired) electrons. The molecule has 0 saturated carbocycles. The smallest absolute Gasteiger partial charge is 0.223 e. The molecule has 1 saturated heterocycles. The minimum absolute atomic E-state index is 0.0567. The molecule has 4 rings (SSSR count). The number of para-hydroxylation sites is 1. The maximum atomic E-state index is 13.1. The number of ether oxygens (including phenoxy) is 2. The van der Waals surface area contributed by atoms with E-state index in [0.717, 1.165) is 49.0 Å². The van der Waals surface area contributed by atoms with Gasteiger partial charge in [-0.2, -0.15) is 0 Å². The predicted molar refractivity (Wildman–Crippen MR) is 119 cm³/mol. The van der Waals surface area contributed by atoms with Crippen LogP contribution in [-0.4, -0.2) is 43.1 Å². The van der Waals surface area contributed by atoms with Crippen molar-refractivity contribution in [1.29, 1.82) is 0 Å². The lowest BCUT2D eigenvalue weighted by Gasteiger charge is -2.22. The van der Waals surface area contributed by atoms with E-state index >= 15 is 0 Å². The van der Waals surface area contributed by atoms with Crippen molar-refractivity contribution in [2.45, 2.75) is 38.5 Å². The van der Waals surface area contributed by atoms with E-state index in [0.29, 0.717) is 17.9 Å². The van der Waals surface area contributed by atoms with Crippen molar-refractivity contribution in [3.63, 3.8) is 0 Å². The van der Waals surface area contributed by atoms with Gasteiger partial charge in [-0.25, -0.2) is 0 Å². The number of fused-ring (bicyclic) bond motifs is 1. The summed E-state index contributed by atoms with van der Waals surface area (Å²) in [7, 11) is 3.28.